The minimum Gasteiger partial charge on any atom is -0.495 e. The van der Waals surface area contributed by atoms with Gasteiger partial charge in [0.1, 0.15) is 5.75 Å². The zero-order chi connectivity index (χ0) is 11.5. The van der Waals surface area contributed by atoms with Gasteiger partial charge in [0.2, 0.25) is 5.56 Å². The summed E-state index contributed by atoms with van der Waals surface area (Å²) in [6, 6.07) is 10.4. The first-order valence-electron chi connectivity index (χ1n) is 4.74. The molecule has 2 aromatic rings. The van der Waals surface area contributed by atoms with E-state index in [4.69, 9.17) is 16.3 Å². The van der Waals surface area contributed by atoms with Gasteiger partial charge in [-0.05, 0) is 29.8 Å². The van der Waals surface area contributed by atoms with Crippen LogP contribution in [0.2, 0.25) is 5.02 Å². The number of methoxy groups -OCH3 is 1. The van der Waals surface area contributed by atoms with Crippen molar-refractivity contribution in [1.82, 2.24) is 4.98 Å². The zero-order valence-corrected chi connectivity index (χ0v) is 9.41. The third kappa shape index (κ3) is 2.09. The lowest BCUT2D eigenvalue weighted by atomic mass is 10.1. The predicted octanol–water partition coefficient (Wildman–Crippen LogP) is 2.70. The molecular formula is C12H10ClNO2. The minimum atomic E-state index is -0.135. The molecule has 1 heterocycles. The van der Waals surface area contributed by atoms with Crippen LogP contribution < -0.4 is 10.3 Å². The fourth-order valence-corrected chi connectivity index (χ4v) is 1.71. The summed E-state index contributed by atoms with van der Waals surface area (Å²) in [7, 11) is 1.56. The summed E-state index contributed by atoms with van der Waals surface area (Å²) < 4.78 is 5.06. The van der Waals surface area contributed by atoms with Gasteiger partial charge in [0.15, 0.2) is 0 Å². The first-order valence-corrected chi connectivity index (χ1v) is 5.12. The molecule has 0 aliphatic carbocycles. The van der Waals surface area contributed by atoms with Crippen LogP contribution in [0.15, 0.2) is 41.2 Å². The van der Waals surface area contributed by atoms with E-state index in [9.17, 15) is 4.79 Å². The smallest absolute Gasteiger partial charge is 0.248 e. The number of H-pyrrole nitrogens is 1. The Hall–Kier alpha value is -1.74. The Kier molecular flexibility index (Phi) is 2.97. The van der Waals surface area contributed by atoms with Gasteiger partial charge in [-0.3, -0.25) is 4.79 Å². The van der Waals surface area contributed by atoms with Gasteiger partial charge >= 0.3 is 0 Å². The SMILES string of the molecule is COc1ccc(-c2cccc(=O)[nH]2)cc1Cl. The molecule has 0 bridgehead atoms. The average Bonchev–Trinajstić information content (AvgIpc) is 2.29. The van der Waals surface area contributed by atoms with Crippen LogP contribution >= 0.6 is 11.6 Å². The summed E-state index contributed by atoms with van der Waals surface area (Å²) in [4.78, 5) is 13.9. The van der Waals surface area contributed by atoms with Gasteiger partial charge in [-0.15, -0.1) is 0 Å². The van der Waals surface area contributed by atoms with E-state index in [1.807, 2.05) is 12.1 Å². The third-order valence-electron chi connectivity index (χ3n) is 2.23. The molecular weight excluding hydrogens is 226 g/mol. The minimum absolute atomic E-state index is 0.135. The summed E-state index contributed by atoms with van der Waals surface area (Å²) in [6.07, 6.45) is 0. The Morgan fingerprint density at radius 3 is 2.69 bits per heavy atom. The van der Waals surface area contributed by atoms with Gasteiger partial charge in [-0.25, -0.2) is 0 Å². The Morgan fingerprint density at radius 1 is 1.25 bits per heavy atom. The van der Waals surface area contributed by atoms with E-state index in [0.29, 0.717) is 10.8 Å². The first kappa shape index (κ1) is 10.8. The topological polar surface area (TPSA) is 42.1 Å². The van der Waals surface area contributed by atoms with Crippen molar-refractivity contribution in [3.05, 3.63) is 51.8 Å². The molecule has 0 atom stereocenters. The van der Waals surface area contributed by atoms with Crippen LogP contribution in [0.25, 0.3) is 11.3 Å². The number of rotatable bonds is 2. The van der Waals surface area contributed by atoms with Crippen molar-refractivity contribution in [2.24, 2.45) is 0 Å². The van der Waals surface area contributed by atoms with Crippen molar-refractivity contribution >= 4 is 11.6 Å². The van der Waals surface area contributed by atoms with Gasteiger partial charge < -0.3 is 9.72 Å². The number of nitrogens with one attached hydrogen (secondary N) is 1. The molecule has 1 aromatic carbocycles. The monoisotopic (exact) mass is 235 g/mol. The summed E-state index contributed by atoms with van der Waals surface area (Å²) >= 11 is 6.00. The van der Waals surface area contributed by atoms with Crippen molar-refractivity contribution in [3.8, 4) is 17.0 Å². The summed E-state index contributed by atoms with van der Waals surface area (Å²) in [5.41, 5.74) is 1.45. The molecule has 2 rings (SSSR count). The number of ether oxygens (including phenoxy) is 1. The van der Waals surface area contributed by atoms with Crippen LogP contribution in [-0.2, 0) is 0 Å². The van der Waals surface area contributed by atoms with Crippen LogP contribution in [0.4, 0.5) is 0 Å². The van der Waals surface area contributed by atoms with E-state index in [-0.39, 0.29) is 5.56 Å². The van der Waals surface area contributed by atoms with E-state index in [0.717, 1.165) is 11.3 Å². The van der Waals surface area contributed by atoms with Crippen molar-refractivity contribution in [2.45, 2.75) is 0 Å². The second kappa shape index (κ2) is 4.41. The quantitative estimate of drug-likeness (QED) is 0.870. The van der Waals surface area contributed by atoms with Crippen LogP contribution in [0, 0.1) is 0 Å². The molecule has 0 unspecified atom stereocenters. The molecule has 0 aliphatic heterocycles. The van der Waals surface area contributed by atoms with Crippen LogP contribution in [0.1, 0.15) is 0 Å². The third-order valence-corrected chi connectivity index (χ3v) is 2.53. The Bertz CT molecular complexity index is 563. The first-order chi connectivity index (χ1) is 7.70. The molecule has 0 fully saturated rings. The maximum atomic E-state index is 11.2. The van der Waals surface area contributed by atoms with Gasteiger partial charge in [-0.2, -0.15) is 0 Å². The maximum absolute atomic E-state index is 11.2. The molecule has 0 aliphatic rings. The van der Waals surface area contributed by atoms with E-state index < -0.39 is 0 Å². The molecule has 1 N–H and O–H groups in total. The molecule has 4 heteroatoms. The molecule has 0 radical (unpaired) electrons. The van der Waals surface area contributed by atoms with Crippen molar-refractivity contribution in [1.29, 1.82) is 0 Å². The van der Waals surface area contributed by atoms with E-state index in [1.54, 1.807) is 25.3 Å². The lowest BCUT2D eigenvalue weighted by Crippen LogP contribution is -2.03. The highest BCUT2D eigenvalue weighted by Gasteiger charge is 2.03. The number of halogens is 1. The Morgan fingerprint density at radius 2 is 2.06 bits per heavy atom. The molecule has 0 spiro atoms. The summed E-state index contributed by atoms with van der Waals surface area (Å²) in [5, 5.41) is 0.518. The zero-order valence-electron chi connectivity index (χ0n) is 8.66. The molecule has 3 nitrogen and oxygen atoms in total. The van der Waals surface area contributed by atoms with Crippen molar-refractivity contribution < 1.29 is 4.74 Å². The Balaban J connectivity index is 2.49. The molecule has 0 saturated heterocycles. The number of aromatic nitrogens is 1. The summed E-state index contributed by atoms with van der Waals surface area (Å²) in [6.45, 7) is 0. The van der Waals surface area contributed by atoms with Crippen LogP contribution in [-0.4, -0.2) is 12.1 Å². The standard InChI is InChI=1S/C12H10ClNO2/c1-16-11-6-5-8(7-9(11)13)10-3-2-4-12(15)14-10/h2-7H,1H3,(H,14,15). The number of benzene rings is 1. The van der Waals surface area contributed by atoms with E-state index >= 15 is 0 Å². The van der Waals surface area contributed by atoms with Gasteiger partial charge in [-0.1, -0.05) is 17.7 Å². The Labute approximate surface area is 97.7 Å². The highest BCUT2D eigenvalue weighted by molar-refractivity contribution is 6.32. The maximum Gasteiger partial charge on any atom is 0.248 e. The second-order valence-electron chi connectivity index (χ2n) is 3.28. The molecule has 82 valence electrons. The van der Waals surface area contributed by atoms with Crippen LogP contribution in [0.5, 0.6) is 5.75 Å². The molecule has 0 amide bonds. The van der Waals surface area contributed by atoms with Gasteiger partial charge in [0, 0.05) is 11.8 Å². The number of hydrogen-bond acceptors (Lipinski definition) is 2. The lowest BCUT2D eigenvalue weighted by Gasteiger charge is -2.05. The number of aromatic amines is 1. The number of hydrogen-bond donors (Lipinski definition) is 1. The van der Waals surface area contributed by atoms with Gasteiger partial charge in [0.25, 0.3) is 0 Å². The largest absolute Gasteiger partial charge is 0.495 e. The van der Waals surface area contributed by atoms with Crippen LogP contribution in [0.3, 0.4) is 0 Å². The molecule has 1 aromatic heterocycles. The second-order valence-corrected chi connectivity index (χ2v) is 3.69. The van der Waals surface area contributed by atoms with Gasteiger partial charge in [0.05, 0.1) is 12.1 Å². The van der Waals surface area contributed by atoms with E-state index in [1.165, 1.54) is 6.07 Å². The predicted molar refractivity (Wildman–Crippen MR) is 64.1 cm³/mol. The average molecular weight is 236 g/mol. The fourth-order valence-electron chi connectivity index (χ4n) is 1.45. The highest BCUT2D eigenvalue weighted by Crippen LogP contribution is 2.28. The summed E-state index contributed by atoms with van der Waals surface area (Å²) in [5.74, 6) is 0.615. The normalized spacial score (nSPS) is 10.1. The molecule has 0 saturated carbocycles. The number of pyridine rings is 1. The molecule has 16 heavy (non-hydrogen) atoms. The fraction of sp³-hybridized carbons (Fsp3) is 0.0833. The van der Waals surface area contributed by atoms with Crippen molar-refractivity contribution in [3.63, 3.8) is 0 Å². The van der Waals surface area contributed by atoms with E-state index in [2.05, 4.69) is 4.98 Å². The highest BCUT2D eigenvalue weighted by atomic mass is 35.5. The lowest BCUT2D eigenvalue weighted by molar-refractivity contribution is 0.415. The van der Waals surface area contributed by atoms with Crippen molar-refractivity contribution in [2.75, 3.05) is 7.11 Å².